The molecule has 0 fully saturated rings. The Balaban J connectivity index is 1.94. The molecule has 0 aliphatic heterocycles. The predicted octanol–water partition coefficient (Wildman–Crippen LogP) is 3.32. The van der Waals surface area contributed by atoms with Gasteiger partial charge < -0.3 is 15.4 Å². The maximum Gasteiger partial charge on any atom is 0.231 e. The highest BCUT2D eigenvalue weighted by Gasteiger charge is 2.22. The summed E-state index contributed by atoms with van der Waals surface area (Å²) in [6.07, 6.45) is 0.138. The van der Waals surface area contributed by atoms with Crippen LogP contribution in [0.15, 0.2) is 29.6 Å². The van der Waals surface area contributed by atoms with E-state index in [-0.39, 0.29) is 18.2 Å². The molecular weight excluding hydrogens is 326 g/mol. The Kier molecular flexibility index (Phi) is 5.56. The van der Waals surface area contributed by atoms with E-state index in [1.807, 2.05) is 20.8 Å². The van der Waals surface area contributed by atoms with E-state index in [2.05, 4.69) is 15.6 Å². The second-order valence-corrected chi connectivity index (χ2v) is 7.16. The van der Waals surface area contributed by atoms with Crippen LogP contribution in [0.5, 0.6) is 5.75 Å². The van der Waals surface area contributed by atoms with Crippen molar-refractivity contribution in [3.63, 3.8) is 0 Å². The average molecular weight is 347 g/mol. The first-order valence-corrected chi connectivity index (χ1v) is 8.35. The van der Waals surface area contributed by atoms with Crippen molar-refractivity contribution in [2.75, 3.05) is 17.7 Å². The summed E-state index contributed by atoms with van der Waals surface area (Å²) in [4.78, 5) is 28.3. The van der Waals surface area contributed by atoms with Gasteiger partial charge in [0.15, 0.2) is 5.13 Å². The molecular formula is C17H21N3O3S. The van der Waals surface area contributed by atoms with Crippen molar-refractivity contribution in [1.82, 2.24) is 4.98 Å². The third-order valence-electron chi connectivity index (χ3n) is 3.15. The standard InChI is InChI=1S/C17H21N3O3S/c1-17(2,3)15(22)20-16-19-12(10-24-16)9-14(21)18-11-6-5-7-13(8-11)23-4/h5-8,10H,9H2,1-4H3,(H,18,21)(H,19,20,22). The molecule has 0 saturated heterocycles. The summed E-state index contributed by atoms with van der Waals surface area (Å²) in [6, 6.07) is 7.14. The van der Waals surface area contributed by atoms with Gasteiger partial charge in [-0.1, -0.05) is 26.8 Å². The van der Waals surface area contributed by atoms with E-state index in [4.69, 9.17) is 4.74 Å². The molecule has 0 atom stereocenters. The van der Waals surface area contributed by atoms with Crippen LogP contribution in [0.2, 0.25) is 0 Å². The van der Waals surface area contributed by atoms with E-state index in [9.17, 15) is 9.59 Å². The number of hydrogen-bond acceptors (Lipinski definition) is 5. The smallest absolute Gasteiger partial charge is 0.231 e. The molecule has 0 radical (unpaired) electrons. The van der Waals surface area contributed by atoms with E-state index < -0.39 is 5.41 Å². The molecule has 1 aromatic heterocycles. The van der Waals surface area contributed by atoms with Gasteiger partial charge in [-0.15, -0.1) is 11.3 Å². The molecule has 2 rings (SSSR count). The third-order valence-corrected chi connectivity index (χ3v) is 3.96. The lowest BCUT2D eigenvalue weighted by Gasteiger charge is -2.15. The molecule has 1 heterocycles. The monoisotopic (exact) mass is 347 g/mol. The largest absolute Gasteiger partial charge is 0.497 e. The first kappa shape index (κ1) is 17.9. The third kappa shape index (κ3) is 5.06. The number of carbonyl (C=O) groups excluding carboxylic acids is 2. The molecule has 0 unspecified atom stereocenters. The van der Waals surface area contributed by atoms with E-state index in [1.54, 1.807) is 36.8 Å². The number of ether oxygens (including phenoxy) is 1. The van der Waals surface area contributed by atoms with Crippen LogP contribution in [0.4, 0.5) is 10.8 Å². The molecule has 0 spiro atoms. The molecule has 2 N–H and O–H groups in total. The number of rotatable bonds is 5. The summed E-state index contributed by atoms with van der Waals surface area (Å²) >= 11 is 1.31. The topological polar surface area (TPSA) is 80.3 Å². The molecule has 128 valence electrons. The number of benzene rings is 1. The van der Waals surface area contributed by atoms with Crippen LogP contribution in [0, 0.1) is 5.41 Å². The van der Waals surface area contributed by atoms with E-state index in [1.165, 1.54) is 11.3 Å². The van der Waals surface area contributed by atoms with Crippen LogP contribution in [-0.4, -0.2) is 23.9 Å². The van der Waals surface area contributed by atoms with Gasteiger partial charge in [0.1, 0.15) is 5.75 Å². The van der Waals surface area contributed by atoms with Crippen molar-refractivity contribution in [3.8, 4) is 5.75 Å². The van der Waals surface area contributed by atoms with Crippen molar-refractivity contribution in [3.05, 3.63) is 35.3 Å². The molecule has 7 heteroatoms. The van der Waals surface area contributed by atoms with Crippen LogP contribution in [0.25, 0.3) is 0 Å². The molecule has 2 aromatic rings. The summed E-state index contributed by atoms with van der Waals surface area (Å²) in [5.41, 5.74) is 0.788. The lowest BCUT2D eigenvalue weighted by molar-refractivity contribution is -0.123. The lowest BCUT2D eigenvalue weighted by Crippen LogP contribution is -2.27. The van der Waals surface area contributed by atoms with E-state index in [0.717, 1.165) is 0 Å². The molecule has 0 saturated carbocycles. The molecule has 2 amide bonds. The summed E-state index contributed by atoms with van der Waals surface area (Å²) in [5, 5.41) is 7.82. The second kappa shape index (κ2) is 7.44. The number of methoxy groups -OCH3 is 1. The highest BCUT2D eigenvalue weighted by atomic mass is 32.1. The van der Waals surface area contributed by atoms with E-state index >= 15 is 0 Å². The molecule has 0 aliphatic carbocycles. The number of nitrogens with one attached hydrogen (secondary N) is 2. The van der Waals surface area contributed by atoms with Crippen molar-refractivity contribution in [2.24, 2.45) is 5.41 Å². The van der Waals surface area contributed by atoms with Gasteiger partial charge in [0.25, 0.3) is 0 Å². The van der Waals surface area contributed by atoms with Crippen molar-refractivity contribution < 1.29 is 14.3 Å². The zero-order valence-corrected chi connectivity index (χ0v) is 15.0. The van der Waals surface area contributed by atoms with Gasteiger partial charge in [0.2, 0.25) is 11.8 Å². The predicted molar refractivity (Wildman–Crippen MR) is 95.5 cm³/mol. The molecule has 0 aliphatic rings. The van der Waals surface area contributed by atoms with Gasteiger partial charge in [-0.3, -0.25) is 9.59 Å². The highest BCUT2D eigenvalue weighted by Crippen LogP contribution is 2.21. The van der Waals surface area contributed by atoms with Gasteiger partial charge in [-0.2, -0.15) is 0 Å². The average Bonchev–Trinajstić information content (AvgIpc) is 2.93. The number of anilines is 2. The van der Waals surface area contributed by atoms with Crippen LogP contribution < -0.4 is 15.4 Å². The SMILES string of the molecule is COc1cccc(NC(=O)Cc2csc(NC(=O)C(C)(C)C)n2)c1. The summed E-state index contributed by atoms with van der Waals surface area (Å²) < 4.78 is 5.12. The fraction of sp³-hybridized carbons (Fsp3) is 0.353. The Labute approximate surface area is 145 Å². The second-order valence-electron chi connectivity index (χ2n) is 6.31. The van der Waals surface area contributed by atoms with E-state index in [0.29, 0.717) is 22.3 Å². The maximum atomic E-state index is 12.1. The van der Waals surface area contributed by atoms with Crippen LogP contribution in [0.3, 0.4) is 0 Å². The first-order valence-electron chi connectivity index (χ1n) is 7.47. The van der Waals surface area contributed by atoms with Gasteiger partial charge in [0, 0.05) is 22.5 Å². The van der Waals surface area contributed by atoms with Crippen LogP contribution in [-0.2, 0) is 16.0 Å². The normalized spacial score (nSPS) is 11.0. The van der Waals surface area contributed by atoms with Gasteiger partial charge in [-0.25, -0.2) is 4.98 Å². The van der Waals surface area contributed by atoms with Gasteiger partial charge >= 0.3 is 0 Å². The van der Waals surface area contributed by atoms with Crippen LogP contribution in [0.1, 0.15) is 26.5 Å². The molecule has 0 bridgehead atoms. The fourth-order valence-corrected chi connectivity index (χ4v) is 2.51. The minimum absolute atomic E-state index is 0.107. The molecule has 6 nitrogen and oxygen atoms in total. The first-order chi connectivity index (χ1) is 11.3. The quantitative estimate of drug-likeness (QED) is 0.869. The minimum atomic E-state index is -0.491. The van der Waals surface area contributed by atoms with Gasteiger partial charge in [-0.05, 0) is 12.1 Å². The van der Waals surface area contributed by atoms with Crippen LogP contribution >= 0.6 is 11.3 Å². The Morgan fingerprint density at radius 3 is 2.67 bits per heavy atom. The summed E-state index contributed by atoms with van der Waals surface area (Å²) in [6.45, 7) is 5.50. The number of hydrogen-bond donors (Lipinski definition) is 2. The van der Waals surface area contributed by atoms with Crippen molar-refractivity contribution in [2.45, 2.75) is 27.2 Å². The zero-order valence-electron chi connectivity index (χ0n) is 14.2. The fourth-order valence-electron chi connectivity index (χ4n) is 1.80. The Bertz CT molecular complexity index is 735. The summed E-state index contributed by atoms with van der Waals surface area (Å²) in [7, 11) is 1.57. The molecule has 24 heavy (non-hydrogen) atoms. The lowest BCUT2D eigenvalue weighted by atomic mass is 9.96. The number of amides is 2. The zero-order chi connectivity index (χ0) is 17.7. The molecule has 1 aromatic carbocycles. The summed E-state index contributed by atoms with van der Waals surface area (Å²) in [5.74, 6) is 0.389. The van der Waals surface area contributed by atoms with Gasteiger partial charge in [0.05, 0.1) is 19.2 Å². The Morgan fingerprint density at radius 2 is 2.00 bits per heavy atom. The number of carbonyl (C=O) groups is 2. The Hall–Kier alpha value is -2.41. The number of aromatic nitrogens is 1. The Morgan fingerprint density at radius 1 is 1.25 bits per heavy atom. The van der Waals surface area contributed by atoms with Crippen molar-refractivity contribution in [1.29, 1.82) is 0 Å². The minimum Gasteiger partial charge on any atom is -0.497 e. The number of nitrogens with zero attached hydrogens (tertiary/aromatic N) is 1. The highest BCUT2D eigenvalue weighted by molar-refractivity contribution is 7.13. The van der Waals surface area contributed by atoms with Crippen molar-refractivity contribution >= 4 is 34.0 Å². The maximum absolute atomic E-state index is 12.1. The number of thiazole rings is 1.